The van der Waals surface area contributed by atoms with Crippen LogP contribution in [0, 0.1) is 0 Å². The summed E-state index contributed by atoms with van der Waals surface area (Å²) in [6, 6.07) is 7.61. The molecule has 0 aliphatic carbocycles. The molecule has 0 saturated heterocycles. The van der Waals surface area contributed by atoms with E-state index in [1.54, 1.807) is 18.6 Å². The lowest BCUT2D eigenvalue weighted by Crippen LogP contribution is -1.91. The number of aromatic nitrogens is 2. The fourth-order valence-electron chi connectivity index (χ4n) is 1.17. The predicted octanol–water partition coefficient (Wildman–Crippen LogP) is 1.73. The normalized spacial score (nSPS) is 9.85. The van der Waals surface area contributed by atoms with E-state index < -0.39 is 0 Å². The minimum Gasteiger partial charge on any atom is -0.398 e. The first-order valence-electron chi connectivity index (χ1n) is 3.99. The maximum absolute atomic E-state index is 5.78. The fraction of sp³-hybridized carbons (Fsp3) is 0. The van der Waals surface area contributed by atoms with E-state index in [9.17, 15) is 0 Å². The van der Waals surface area contributed by atoms with E-state index >= 15 is 0 Å². The minimum absolute atomic E-state index is 0.725. The third-order valence-electron chi connectivity index (χ3n) is 1.80. The van der Waals surface area contributed by atoms with Gasteiger partial charge >= 0.3 is 0 Å². The molecule has 2 rings (SSSR count). The van der Waals surface area contributed by atoms with Crippen molar-refractivity contribution in [3.05, 3.63) is 42.9 Å². The van der Waals surface area contributed by atoms with E-state index in [4.69, 9.17) is 5.73 Å². The number of nitrogens with zero attached hydrogens (tertiary/aromatic N) is 2. The molecule has 0 aliphatic heterocycles. The molecule has 1 aromatic carbocycles. The highest BCUT2D eigenvalue weighted by atomic mass is 14.8. The van der Waals surface area contributed by atoms with Gasteiger partial charge in [-0.1, -0.05) is 18.2 Å². The highest BCUT2D eigenvalue weighted by Gasteiger charge is 2.00. The Morgan fingerprint density at radius 2 is 1.92 bits per heavy atom. The van der Waals surface area contributed by atoms with Crippen molar-refractivity contribution in [3.63, 3.8) is 0 Å². The van der Waals surface area contributed by atoms with Gasteiger partial charge in [-0.2, -0.15) is 0 Å². The minimum atomic E-state index is 0.725. The van der Waals surface area contributed by atoms with E-state index in [1.165, 1.54) is 0 Å². The van der Waals surface area contributed by atoms with E-state index in [2.05, 4.69) is 9.97 Å². The molecule has 0 bridgehead atoms. The SMILES string of the molecule is Nc1ccccc1-c1cnccn1. The third kappa shape index (κ3) is 1.49. The van der Waals surface area contributed by atoms with Crippen LogP contribution in [-0.4, -0.2) is 9.97 Å². The summed E-state index contributed by atoms with van der Waals surface area (Å²) in [7, 11) is 0. The molecule has 2 N–H and O–H groups in total. The number of nitrogen functional groups attached to an aromatic ring is 1. The molecule has 64 valence electrons. The Labute approximate surface area is 76.3 Å². The summed E-state index contributed by atoms with van der Waals surface area (Å²) in [5.74, 6) is 0. The Balaban J connectivity index is 2.54. The third-order valence-corrected chi connectivity index (χ3v) is 1.80. The van der Waals surface area contributed by atoms with Crippen LogP contribution in [-0.2, 0) is 0 Å². The van der Waals surface area contributed by atoms with Crippen molar-refractivity contribution in [3.8, 4) is 11.3 Å². The van der Waals surface area contributed by atoms with Gasteiger partial charge in [0.25, 0.3) is 0 Å². The summed E-state index contributed by atoms with van der Waals surface area (Å²) in [5, 5.41) is 0. The van der Waals surface area contributed by atoms with Gasteiger partial charge < -0.3 is 5.73 Å². The standard InChI is InChI=1S/C10H9N3/c11-9-4-2-1-3-8(9)10-7-12-5-6-13-10/h1-7H,11H2. The molecule has 2 aromatic rings. The molecule has 0 atom stereocenters. The molecule has 13 heavy (non-hydrogen) atoms. The Hall–Kier alpha value is -1.90. The van der Waals surface area contributed by atoms with Crippen molar-refractivity contribution >= 4 is 5.69 Å². The Bertz CT molecular complexity index is 398. The molecule has 0 fully saturated rings. The van der Waals surface area contributed by atoms with Gasteiger partial charge in [0.1, 0.15) is 0 Å². The van der Waals surface area contributed by atoms with Crippen molar-refractivity contribution in [2.75, 3.05) is 5.73 Å². The lowest BCUT2D eigenvalue weighted by molar-refractivity contribution is 1.21. The van der Waals surface area contributed by atoms with Crippen molar-refractivity contribution in [1.29, 1.82) is 0 Å². The molecule has 0 radical (unpaired) electrons. The summed E-state index contributed by atoms with van der Waals surface area (Å²) < 4.78 is 0. The first kappa shape index (κ1) is 7.73. The average Bonchev–Trinajstić information content (AvgIpc) is 2.20. The van der Waals surface area contributed by atoms with Crippen LogP contribution in [0.3, 0.4) is 0 Å². The molecular weight excluding hydrogens is 162 g/mol. The Morgan fingerprint density at radius 3 is 2.62 bits per heavy atom. The van der Waals surface area contributed by atoms with E-state index in [0.29, 0.717) is 0 Å². The molecule has 3 heteroatoms. The van der Waals surface area contributed by atoms with E-state index in [1.807, 2.05) is 24.3 Å². The van der Waals surface area contributed by atoms with Crippen LogP contribution in [0.15, 0.2) is 42.9 Å². The molecule has 1 heterocycles. The molecule has 0 unspecified atom stereocenters. The number of anilines is 1. The summed E-state index contributed by atoms with van der Waals surface area (Å²) in [5.41, 5.74) is 8.24. The highest BCUT2D eigenvalue weighted by Crippen LogP contribution is 2.21. The van der Waals surface area contributed by atoms with Gasteiger partial charge in [-0.15, -0.1) is 0 Å². The smallest absolute Gasteiger partial charge is 0.0905 e. The predicted molar refractivity (Wildman–Crippen MR) is 51.9 cm³/mol. The van der Waals surface area contributed by atoms with Crippen LogP contribution in [0.25, 0.3) is 11.3 Å². The van der Waals surface area contributed by atoms with Crippen molar-refractivity contribution in [2.45, 2.75) is 0 Å². The molecule has 3 nitrogen and oxygen atoms in total. The molecule has 1 aromatic heterocycles. The van der Waals surface area contributed by atoms with Crippen LogP contribution in [0.4, 0.5) is 5.69 Å². The van der Waals surface area contributed by atoms with Gasteiger partial charge in [0, 0.05) is 23.6 Å². The summed E-state index contributed by atoms with van der Waals surface area (Å²) >= 11 is 0. The second-order valence-corrected chi connectivity index (χ2v) is 2.68. The highest BCUT2D eigenvalue weighted by molar-refractivity contribution is 5.72. The number of hydrogen-bond donors (Lipinski definition) is 1. The zero-order valence-electron chi connectivity index (χ0n) is 7.01. The first-order chi connectivity index (χ1) is 6.38. The molecule has 0 aliphatic rings. The van der Waals surface area contributed by atoms with Gasteiger partial charge in [-0.05, 0) is 6.07 Å². The average molecular weight is 171 g/mol. The van der Waals surface area contributed by atoms with Crippen molar-refractivity contribution in [1.82, 2.24) is 9.97 Å². The fourth-order valence-corrected chi connectivity index (χ4v) is 1.17. The number of hydrogen-bond acceptors (Lipinski definition) is 3. The molecule has 0 saturated carbocycles. The van der Waals surface area contributed by atoms with Gasteiger partial charge in [0.2, 0.25) is 0 Å². The first-order valence-corrected chi connectivity index (χ1v) is 3.99. The van der Waals surface area contributed by atoms with Crippen LogP contribution < -0.4 is 5.73 Å². The largest absolute Gasteiger partial charge is 0.398 e. The quantitative estimate of drug-likeness (QED) is 0.665. The van der Waals surface area contributed by atoms with Crippen LogP contribution in [0.2, 0.25) is 0 Å². The van der Waals surface area contributed by atoms with Crippen molar-refractivity contribution < 1.29 is 0 Å². The Kier molecular flexibility index (Phi) is 1.92. The number of para-hydroxylation sites is 1. The number of benzene rings is 1. The zero-order chi connectivity index (χ0) is 9.10. The summed E-state index contributed by atoms with van der Waals surface area (Å²) in [6.07, 6.45) is 5.00. The van der Waals surface area contributed by atoms with Gasteiger partial charge in [-0.3, -0.25) is 9.97 Å². The molecule has 0 spiro atoms. The topological polar surface area (TPSA) is 51.8 Å². The second-order valence-electron chi connectivity index (χ2n) is 2.68. The monoisotopic (exact) mass is 171 g/mol. The molecule has 0 amide bonds. The Morgan fingerprint density at radius 1 is 1.08 bits per heavy atom. The number of nitrogens with two attached hydrogens (primary N) is 1. The van der Waals surface area contributed by atoms with Gasteiger partial charge in [0.15, 0.2) is 0 Å². The lowest BCUT2D eigenvalue weighted by atomic mass is 10.1. The van der Waals surface area contributed by atoms with Crippen molar-refractivity contribution in [2.24, 2.45) is 0 Å². The summed E-state index contributed by atoms with van der Waals surface area (Å²) in [4.78, 5) is 8.15. The van der Waals surface area contributed by atoms with Gasteiger partial charge in [-0.25, -0.2) is 0 Å². The van der Waals surface area contributed by atoms with Crippen LogP contribution >= 0.6 is 0 Å². The lowest BCUT2D eigenvalue weighted by Gasteiger charge is -2.02. The van der Waals surface area contributed by atoms with E-state index in [-0.39, 0.29) is 0 Å². The maximum Gasteiger partial charge on any atom is 0.0905 e. The van der Waals surface area contributed by atoms with Crippen LogP contribution in [0.1, 0.15) is 0 Å². The molecular formula is C10H9N3. The van der Waals surface area contributed by atoms with E-state index in [0.717, 1.165) is 16.9 Å². The number of rotatable bonds is 1. The summed E-state index contributed by atoms with van der Waals surface area (Å²) in [6.45, 7) is 0. The van der Waals surface area contributed by atoms with Crippen LogP contribution in [0.5, 0.6) is 0 Å². The second kappa shape index (κ2) is 3.23. The van der Waals surface area contributed by atoms with Gasteiger partial charge in [0.05, 0.1) is 11.9 Å². The maximum atomic E-state index is 5.78. The zero-order valence-corrected chi connectivity index (χ0v) is 7.01.